The Balaban J connectivity index is 1.52. The van der Waals surface area contributed by atoms with E-state index in [1.54, 1.807) is 36.4 Å². The molecule has 1 aliphatic rings. The lowest BCUT2D eigenvalue weighted by atomic mass is 10.0. The third-order valence-corrected chi connectivity index (χ3v) is 5.21. The van der Waals surface area contributed by atoms with Crippen LogP contribution in [0.4, 0.5) is 14.9 Å². The van der Waals surface area contributed by atoms with Gasteiger partial charge in [0.15, 0.2) is 0 Å². The van der Waals surface area contributed by atoms with Crippen LogP contribution in [0.1, 0.15) is 23.6 Å². The smallest absolute Gasteiger partial charge is 0.315 e. The third-order valence-electron chi connectivity index (χ3n) is 4.05. The summed E-state index contributed by atoms with van der Waals surface area (Å²) in [6.45, 7) is -0.191. The Morgan fingerprint density at radius 3 is 2.89 bits per heavy atom. The van der Waals surface area contributed by atoms with Crippen LogP contribution in [0, 0.1) is 18.2 Å². The van der Waals surface area contributed by atoms with E-state index < -0.39 is 6.03 Å². The lowest BCUT2D eigenvalue weighted by Gasteiger charge is -2.26. The van der Waals surface area contributed by atoms with Crippen molar-refractivity contribution < 1.29 is 14.0 Å². The molecule has 0 fully saturated rings. The number of halogens is 1. The topological polar surface area (TPSA) is 70.2 Å². The van der Waals surface area contributed by atoms with Crippen LogP contribution in [-0.4, -0.2) is 24.2 Å². The quantitative estimate of drug-likeness (QED) is 0.710. The summed E-state index contributed by atoms with van der Waals surface area (Å²) in [5.41, 5.74) is 1.97. The first-order valence-corrected chi connectivity index (χ1v) is 9.37. The summed E-state index contributed by atoms with van der Waals surface area (Å²) < 4.78 is 13.9. The fourth-order valence-corrected chi connectivity index (χ4v) is 3.94. The Kier molecular flexibility index (Phi) is 5.99. The highest BCUT2D eigenvalue weighted by atomic mass is 32.2. The number of hydrogen-bond donors (Lipinski definition) is 3. The number of carbonyl (C=O) groups excluding carboxylic acids is 2. The summed E-state index contributed by atoms with van der Waals surface area (Å²) in [5, 5.41) is 7.99. The number of nitrogens with one attached hydrogen (secondary N) is 3. The number of anilines is 1. The molecule has 0 saturated carbocycles. The van der Waals surface area contributed by atoms with Crippen molar-refractivity contribution in [3.63, 3.8) is 0 Å². The van der Waals surface area contributed by atoms with Gasteiger partial charge in [0.1, 0.15) is 5.82 Å². The first kappa shape index (κ1) is 18.8. The zero-order chi connectivity index (χ0) is 19.2. The second kappa shape index (κ2) is 8.60. The summed E-state index contributed by atoms with van der Waals surface area (Å²) in [7, 11) is 0. The van der Waals surface area contributed by atoms with E-state index in [4.69, 9.17) is 6.42 Å². The fourth-order valence-electron chi connectivity index (χ4n) is 2.80. The molecule has 2 aromatic carbocycles. The maximum atomic E-state index is 13.9. The molecule has 138 valence electrons. The number of carbonyl (C=O) groups is 2. The summed E-state index contributed by atoms with van der Waals surface area (Å²) in [4.78, 5) is 24.7. The van der Waals surface area contributed by atoms with Crippen LogP contribution in [0.3, 0.4) is 0 Å². The largest absolute Gasteiger partial charge is 0.331 e. The standard InChI is InChI=1S/C20H18FN3O2S/c1-2-13-5-3-6-14(11-13)23-18(25)12-22-20(26)24-17-9-10-27-19-15(17)7-4-8-16(19)21/h1,3-8,11,17H,9-10,12H2,(H,23,25)(H2,22,24,26)/t17-/m0/s1. The minimum absolute atomic E-state index is 0.191. The Labute approximate surface area is 161 Å². The van der Waals surface area contributed by atoms with Crippen molar-refractivity contribution in [2.45, 2.75) is 17.4 Å². The van der Waals surface area contributed by atoms with Crippen LogP contribution < -0.4 is 16.0 Å². The number of thioether (sulfide) groups is 1. The van der Waals surface area contributed by atoms with Gasteiger partial charge in [0, 0.05) is 21.9 Å². The molecule has 27 heavy (non-hydrogen) atoms. The van der Waals surface area contributed by atoms with Crippen molar-refractivity contribution in [1.29, 1.82) is 0 Å². The molecule has 0 aliphatic carbocycles. The molecule has 0 saturated heterocycles. The van der Waals surface area contributed by atoms with Crippen LogP contribution in [0.15, 0.2) is 47.4 Å². The van der Waals surface area contributed by atoms with E-state index in [-0.39, 0.29) is 24.3 Å². The third kappa shape index (κ3) is 4.80. The van der Waals surface area contributed by atoms with Crippen molar-refractivity contribution in [3.05, 3.63) is 59.4 Å². The molecular formula is C20H18FN3O2S. The summed E-state index contributed by atoms with van der Waals surface area (Å²) in [6, 6.07) is 11.0. The Bertz CT molecular complexity index is 910. The van der Waals surface area contributed by atoms with Crippen LogP contribution >= 0.6 is 11.8 Å². The second-order valence-electron chi connectivity index (χ2n) is 5.95. The molecule has 1 heterocycles. The average Bonchev–Trinajstić information content (AvgIpc) is 2.67. The van der Waals surface area contributed by atoms with Crippen molar-refractivity contribution >= 4 is 29.4 Å². The van der Waals surface area contributed by atoms with Gasteiger partial charge in [0.25, 0.3) is 0 Å². The van der Waals surface area contributed by atoms with Crippen molar-refractivity contribution in [2.24, 2.45) is 0 Å². The Hall–Kier alpha value is -2.98. The predicted molar refractivity (Wildman–Crippen MR) is 104 cm³/mol. The van der Waals surface area contributed by atoms with Gasteiger partial charge in [-0.1, -0.05) is 24.1 Å². The van der Waals surface area contributed by atoms with Gasteiger partial charge < -0.3 is 16.0 Å². The van der Waals surface area contributed by atoms with E-state index in [0.717, 1.165) is 5.56 Å². The summed E-state index contributed by atoms with van der Waals surface area (Å²) >= 11 is 1.44. The highest BCUT2D eigenvalue weighted by molar-refractivity contribution is 7.99. The van der Waals surface area contributed by atoms with Crippen LogP contribution in [0.5, 0.6) is 0 Å². The number of amides is 3. The number of fused-ring (bicyclic) bond motifs is 1. The van der Waals surface area contributed by atoms with Gasteiger partial charge in [-0.15, -0.1) is 18.2 Å². The van der Waals surface area contributed by atoms with E-state index in [1.165, 1.54) is 17.8 Å². The van der Waals surface area contributed by atoms with Gasteiger partial charge in [0.2, 0.25) is 5.91 Å². The number of rotatable bonds is 4. The van der Waals surface area contributed by atoms with Crippen LogP contribution in [0.25, 0.3) is 0 Å². The maximum Gasteiger partial charge on any atom is 0.315 e. The molecule has 2 aromatic rings. The molecule has 0 spiro atoms. The monoisotopic (exact) mass is 383 g/mol. The first-order valence-electron chi connectivity index (χ1n) is 8.39. The van der Waals surface area contributed by atoms with Gasteiger partial charge in [0.05, 0.1) is 12.6 Å². The lowest BCUT2D eigenvalue weighted by Crippen LogP contribution is -2.42. The zero-order valence-electron chi connectivity index (χ0n) is 14.4. The molecule has 7 heteroatoms. The van der Waals surface area contributed by atoms with E-state index in [1.807, 2.05) is 0 Å². The van der Waals surface area contributed by atoms with E-state index in [9.17, 15) is 14.0 Å². The molecule has 0 unspecified atom stereocenters. The first-order chi connectivity index (χ1) is 13.1. The lowest BCUT2D eigenvalue weighted by molar-refractivity contribution is -0.115. The molecule has 5 nitrogen and oxygen atoms in total. The molecule has 3 rings (SSSR count). The van der Waals surface area contributed by atoms with Crippen molar-refractivity contribution in [1.82, 2.24) is 10.6 Å². The molecule has 0 bridgehead atoms. The van der Waals surface area contributed by atoms with Crippen molar-refractivity contribution in [2.75, 3.05) is 17.6 Å². The van der Waals surface area contributed by atoms with Gasteiger partial charge >= 0.3 is 6.03 Å². The van der Waals surface area contributed by atoms with Gasteiger partial charge in [-0.25, -0.2) is 9.18 Å². The van der Waals surface area contributed by atoms with E-state index in [2.05, 4.69) is 21.9 Å². The van der Waals surface area contributed by atoms with Crippen LogP contribution in [0.2, 0.25) is 0 Å². The Morgan fingerprint density at radius 2 is 2.07 bits per heavy atom. The average molecular weight is 383 g/mol. The normalized spacial score (nSPS) is 15.2. The van der Waals surface area contributed by atoms with Gasteiger partial charge in [-0.2, -0.15) is 0 Å². The maximum absolute atomic E-state index is 13.9. The number of terminal acetylenes is 1. The number of urea groups is 1. The highest BCUT2D eigenvalue weighted by Gasteiger charge is 2.24. The second-order valence-corrected chi connectivity index (χ2v) is 7.05. The van der Waals surface area contributed by atoms with Gasteiger partial charge in [-0.05, 0) is 36.2 Å². The predicted octanol–water partition coefficient (Wildman–Crippen LogP) is 3.28. The zero-order valence-corrected chi connectivity index (χ0v) is 15.2. The van der Waals surface area contributed by atoms with E-state index >= 15 is 0 Å². The minimum Gasteiger partial charge on any atom is -0.331 e. The highest BCUT2D eigenvalue weighted by Crippen LogP contribution is 2.37. The number of benzene rings is 2. The molecule has 0 aromatic heterocycles. The summed E-state index contributed by atoms with van der Waals surface area (Å²) in [6.07, 6.45) is 6.02. The molecule has 1 aliphatic heterocycles. The minimum atomic E-state index is -0.477. The number of hydrogen-bond acceptors (Lipinski definition) is 3. The molecule has 3 amide bonds. The van der Waals surface area contributed by atoms with Crippen LogP contribution in [-0.2, 0) is 4.79 Å². The Morgan fingerprint density at radius 1 is 1.26 bits per heavy atom. The molecular weight excluding hydrogens is 365 g/mol. The fraction of sp³-hybridized carbons (Fsp3) is 0.200. The SMILES string of the molecule is C#Cc1cccc(NC(=O)CNC(=O)N[C@H]2CCSc3c(F)cccc32)c1. The molecule has 1 atom stereocenters. The molecule has 0 radical (unpaired) electrons. The molecule has 3 N–H and O–H groups in total. The van der Waals surface area contributed by atoms with Gasteiger partial charge in [-0.3, -0.25) is 4.79 Å². The summed E-state index contributed by atoms with van der Waals surface area (Å²) in [5.74, 6) is 2.55. The van der Waals surface area contributed by atoms with Crippen molar-refractivity contribution in [3.8, 4) is 12.3 Å². The van der Waals surface area contributed by atoms with E-state index in [0.29, 0.717) is 28.3 Å².